The summed E-state index contributed by atoms with van der Waals surface area (Å²) in [5.74, 6) is -0.453. The lowest BCUT2D eigenvalue weighted by atomic mass is 10.0. The average molecular weight is 496 g/mol. The van der Waals surface area contributed by atoms with Gasteiger partial charge in [0.25, 0.3) is 11.8 Å². The fourth-order valence-corrected chi connectivity index (χ4v) is 4.23. The van der Waals surface area contributed by atoms with E-state index in [-0.39, 0.29) is 17.3 Å². The maximum atomic E-state index is 13.7. The fraction of sp³-hybridized carbons (Fsp3) is 0.172. The molecule has 1 fully saturated rings. The van der Waals surface area contributed by atoms with E-state index in [0.717, 1.165) is 22.3 Å². The van der Waals surface area contributed by atoms with Crippen molar-refractivity contribution in [3.63, 3.8) is 0 Å². The van der Waals surface area contributed by atoms with Gasteiger partial charge in [0.15, 0.2) is 11.7 Å². The maximum Gasteiger partial charge on any atom is 0.270 e. The van der Waals surface area contributed by atoms with Crippen molar-refractivity contribution in [2.75, 3.05) is 16.4 Å². The van der Waals surface area contributed by atoms with E-state index in [9.17, 15) is 9.59 Å². The van der Waals surface area contributed by atoms with Crippen LogP contribution in [-0.2, 0) is 9.59 Å². The number of carbonyl (C=O) groups is 2. The molecule has 1 aliphatic rings. The van der Waals surface area contributed by atoms with Crippen molar-refractivity contribution in [2.24, 2.45) is 0 Å². The smallest absolute Gasteiger partial charge is 0.270 e. The van der Waals surface area contributed by atoms with Gasteiger partial charge in [-0.2, -0.15) is 5.26 Å². The average Bonchev–Trinajstić information content (AvgIpc) is 2.85. The molecule has 1 saturated heterocycles. The summed E-state index contributed by atoms with van der Waals surface area (Å²) in [6, 6.07) is 20.1. The highest BCUT2D eigenvalue weighted by molar-refractivity contribution is 7.81. The van der Waals surface area contributed by atoms with Gasteiger partial charge in [-0.05, 0) is 110 Å². The van der Waals surface area contributed by atoms with Crippen LogP contribution in [-0.4, -0.2) is 23.5 Å². The summed E-state index contributed by atoms with van der Waals surface area (Å²) in [6.45, 7) is 7.86. The number of benzene rings is 3. The molecule has 0 saturated carbocycles. The van der Waals surface area contributed by atoms with Gasteiger partial charge >= 0.3 is 0 Å². The van der Waals surface area contributed by atoms with Gasteiger partial charge in [0.05, 0.1) is 11.4 Å². The van der Waals surface area contributed by atoms with E-state index < -0.39 is 11.8 Å². The Balaban J connectivity index is 1.82. The Hall–Kier alpha value is -4.28. The number of anilines is 2. The van der Waals surface area contributed by atoms with Gasteiger partial charge in [-0.3, -0.25) is 19.4 Å². The molecule has 0 atom stereocenters. The van der Waals surface area contributed by atoms with Crippen LogP contribution in [0.15, 0.2) is 66.2 Å². The second-order valence-corrected chi connectivity index (χ2v) is 9.04. The van der Waals surface area contributed by atoms with E-state index in [1.807, 2.05) is 70.2 Å². The Labute approximate surface area is 216 Å². The van der Waals surface area contributed by atoms with Crippen LogP contribution in [0.1, 0.15) is 27.8 Å². The second kappa shape index (κ2) is 10.1. The van der Waals surface area contributed by atoms with Gasteiger partial charge in [0.1, 0.15) is 17.4 Å². The Morgan fingerprint density at radius 1 is 0.806 bits per heavy atom. The minimum atomic E-state index is -0.488. The minimum Gasteiger partial charge on any atom is -0.479 e. The first-order chi connectivity index (χ1) is 17.2. The fourth-order valence-electron chi connectivity index (χ4n) is 3.86. The number of amides is 2. The number of hydrogen-bond acceptors (Lipinski definition) is 5. The standard InChI is InChI=1S/C29H25N3O3S/c1-18-5-9-23(15-20(18)3)31-27(33)26(17-22-7-11-25(12-8-22)35-14-13-30)28(34)32(29(31)36)24-10-6-19(2)21(4)16-24/h5-12,15-17H,14H2,1-4H3. The van der Waals surface area contributed by atoms with E-state index in [4.69, 9.17) is 22.2 Å². The molecule has 4 rings (SSSR count). The van der Waals surface area contributed by atoms with Gasteiger partial charge < -0.3 is 4.74 Å². The third-order valence-electron chi connectivity index (χ3n) is 6.24. The molecule has 2 amide bonds. The van der Waals surface area contributed by atoms with Crippen molar-refractivity contribution in [1.29, 1.82) is 5.26 Å². The first kappa shape index (κ1) is 24.8. The first-order valence-corrected chi connectivity index (χ1v) is 11.8. The number of ether oxygens (including phenoxy) is 1. The molecular formula is C29H25N3O3S. The van der Waals surface area contributed by atoms with Gasteiger partial charge in [-0.15, -0.1) is 0 Å². The SMILES string of the molecule is Cc1ccc(N2C(=O)C(=Cc3ccc(OCC#N)cc3)C(=O)N(c3ccc(C)c(C)c3)C2=S)cc1C. The Kier molecular flexibility index (Phi) is 7.00. The molecule has 180 valence electrons. The topological polar surface area (TPSA) is 73.6 Å². The zero-order valence-corrected chi connectivity index (χ0v) is 21.3. The summed E-state index contributed by atoms with van der Waals surface area (Å²) in [5, 5.41) is 8.81. The molecule has 3 aromatic rings. The van der Waals surface area contributed by atoms with Crippen molar-refractivity contribution in [3.05, 3.63) is 94.1 Å². The summed E-state index contributed by atoms with van der Waals surface area (Å²) >= 11 is 5.73. The molecule has 0 aliphatic carbocycles. The highest BCUT2D eigenvalue weighted by Crippen LogP contribution is 2.32. The predicted molar refractivity (Wildman–Crippen MR) is 145 cm³/mol. The summed E-state index contributed by atoms with van der Waals surface area (Å²) < 4.78 is 5.30. The Bertz CT molecular complexity index is 1380. The van der Waals surface area contributed by atoms with Crippen LogP contribution in [0, 0.1) is 39.0 Å². The number of rotatable bonds is 5. The van der Waals surface area contributed by atoms with Crippen LogP contribution in [0.25, 0.3) is 6.08 Å². The predicted octanol–water partition coefficient (Wildman–Crippen LogP) is 5.57. The highest BCUT2D eigenvalue weighted by Gasteiger charge is 2.41. The third-order valence-corrected chi connectivity index (χ3v) is 6.61. The number of carbonyl (C=O) groups excluding carboxylic acids is 2. The molecule has 0 bridgehead atoms. The molecule has 0 aromatic heterocycles. The maximum absolute atomic E-state index is 13.7. The molecule has 7 heteroatoms. The van der Waals surface area contributed by atoms with E-state index >= 15 is 0 Å². The van der Waals surface area contributed by atoms with Crippen LogP contribution in [0.2, 0.25) is 0 Å². The quantitative estimate of drug-likeness (QED) is 0.263. The largest absolute Gasteiger partial charge is 0.479 e. The van der Waals surface area contributed by atoms with Crippen molar-refractivity contribution in [1.82, 2.24) is 0 Å². The molecule has 1 heterocycles. The monoisotopic (exact) mass is 495 g/mol. The molecule has 3 aromatic carbocycles. The van der Waals surface area contributed by atoms with Crippen LogP contribution in [0.5, 0.6) is 5.75 Å². The number of nitrogens with zero attached hydrogens (tertiary/aromatic N) is 3. The van der Waals surface area contributed by atoms with E-state index in [0.29, 0.717) is 22.7 Å². The molecule has 0 N–H and O–H groups in total. The minimum absolute atomic E-state index is 0.00857. The molecular weight excluding hydrogens is 470 g/mol. The lowest BCUT2D eigenvalue weighted by Crippen LogP contribution is -2.57. The van der Waals surface area contributed by atoms with Gasteiger partial charge in [0.2, 0.25) is 0 Å². The lowest BCUT2D eigenvalue weighted by molar-refractivity contribution is -0.120. The lowest BCUT2D eigenvalue weighted by Gasteiger charge is -2.37. The number of hydrogen-bond donors (Lipinski definition) is 0. The van der Waals surface area contributed by atoms with E-state index in [1.165, 1.54) is 9.80 Å². The van der Waals surface area contributed by atoms with Gasteiger partial charge in [0, 0.05) is 0 Å². The number of nitriles is 1. The summed E-state index contributed by atoms with van der Waals surface area (Å²) in [5.41, 5.74) is 6.03. The van der Waals surface area contributed by atoms with Crippen LogP contribution in [0.3, 0.4) is 0 Å². The van der Waals surface area contributed by atoms with Gasteiger partial charge in [-0.25, -0.2) is 0 Å². The second-order valence-electron chi connectivity index (χ2n) is 8.67. The van der Waals surface area contributed by atoms with Crippen LogP contribution in [0.4, 0.5) is 11.4 Å². The van der Waals surface area contributed by atoms with Crippen molar-refractivity contribution >= 4 is 46.6 Å². The van der Waals surface area contributed by atoms with Crippen molar-refractivity contribution in [2.45, 2.75) is 27.7 Å². The van der Waals surface area contributed by atoms with Gasteiger partial charge in [-0.1, -0.05) is 24.3 Å². The number of aryl methyl sites for hydroxylation is 4. The first-order valence-electron chi connectivity index (χ1n) is 11.4. The van der Waals surface area contributed by atoms with E-state index in [2.05, 4.69) is 0 Å². The molecule has 36 heavy (non-hydrogen) atoms. The summed E-state index contributed by atoms with van der Waals surface area (Å²) in [6.07, 6.45) is 1.56. The highest BCUT2D eigenvalue weighted by atomic mass is 32.1. The van der Waals surface area contributed by atoms with Crippen LogP contribution < -0.4 is 14.5 Å². The van der Waals surface area contributed by atoms with E-state index in [1.54, 1.807) is 30.3 Å². The number of thiocarbonyl (C=S) groups is 1. The zero-order chi connectivity index (χ0) is 26.0. The zero-order valence-electron chi connectivity index (χ0n) is 20.5. The molecule has 0 spiro atoms. The normalized spacial score (nSPS) is 13.6. The third kappa shape index (κ3) is 4.77. The van der Waals surface area contributed by atoms with Crippen molar-refractivity contribution < 1.29 is 14.3 Å². The summed E-state index contributed by atoms with van der Waals surface area (Å²) in [4.78, 5) is 30.3. The molecule has 1 aliphatic heterocycles. The molecule has 0 unspecified atom stereocenters. The molecule has 0 radical (unpaired) electrons. The Morgan fingerprint density at radius 2 is 1.31 bits per heavy atom. The summed E-state index contributed by atoms with van der Waals surface area (Å²) in [7, 11) is 0. The Morgan fingerprint density at radius 3 is 1.75 bits per heavy atom. The van der Waals surface area contributed by atoms with Crippen molar-refractivity contribution in [3.8, 4) is 11.8 Å². The van der Waals surface area contributed by atoms with Crippen LogP contribution >= 0.6 is 12.2 Å². The molecule has 6 nitrogen and oxygen atoms in total.